The van der Waals surface area contributed by atoms with Crippen molar-refractivity contribution >= 4 is 18.0 Å². The van der Waals surface area contributed by atoms with E-state index in [0.29, 0.717) is 11.7 Å². The van der Waals surface area contributed by atoms with Gasteiger partial charge in [-0.1, -0.05) is 0 Å². The third kappa shape index (κ3) is 2.10. The zero-order chi connectivity index (χ0) is 9.97. The van der Waals surface area contributed by atoms with Gasteiger partial charge in [0, 0.05) is 4.90 Å². The topological polar surface area (TPSA) is 26.3 Å². The van der Waals surface area contributed by atoms with Crippen molar-refractivity contribution < 1.29 is 9.53 Å². The smallest absolute Gasteiger partial charge is 0.153 e. The van der Waals surface area contributed by atoms with Gasteiger partial charge in [0.25, 0.3) is 0 Å². The van der Waals surface area contributed by atoms with E-state index < -0.39 is 0 Å². The third-order valence-electron chi connectivity index (χ3n) is 2.16. The first kappa shape index (κ1) is 9.59. The number of hydrogen-bond donors (Lipinski definition) is 0. The zero-order valence-corrected chi connectivity index (χ0v) is 8.84. The summed E-state index contributed by atoms with van der Waals surface area (Å²) in [7, 11) is 0. The van der Waals surface area contributed by atoms with Gasteiger partial charge in [0.2, 0.25) is 0 Å². The number of thioether (sulfide) groups is 1. The highest BCUT2D eigenvalue weighted by Gasteiger charge is 2.24. The average molecular weight is 208 g/mol. The van der Waals surface area contributed by atoms with Gasteiger partial charge in [-0.15, -0.1) is 11.8 Å². The molecule has 1 aliphatic rings. The van der Waals surface area contributed by atoms with Gasteiger partial charge in [0.15, 0.2) is 6.29 Å². The van der Waals surface area contributed by atoms with E-state index in [9.17, 15) is 4.79 Å². The molecule has 1 aromatic rings. The highest BCUT2D eigenvalue weighted by Crippen LogP contribution is 2.30. The molecule has 0 bridgehead atoms. The summed E-state index contributed by atoms with van der Waals surface area (Å²) in [6.07, 6.45) is 5.42. The Balaban J connectivity index is 2.23. The van der Waals surface area contributed by atoms with Crippen LogP contribution in [0, 0.1) is 0 Å². The Morgan fingerprint density at radius 1 is 1.50 bits per heavy atom. The molecule has 0 N–H and O–H groups in total. The summed E-state index contributed by atoms with van der Waals surface area (Å²) >= 11 is 1.63. The monoisotopic (exact) mass is 208 g/mol. The van der Waals surface area contributed by atoms with Crippen molar-refractivity contribution in [2.24, 2.45) is 0 Å². The quantitative estimate of drug-likeness (QED) is 0.562. The van der Waals surface area contributed by atoms with Crippen LogP contribution in [0.5, 0.6) is 5.75 Å². The van der Waals surface area contributed by atoms with E-state index in [1.807, 2.05) is 24.5 Å². The first-order valence-corrected chi connectivity index (χ1v) is 5.86. The molecule has 3 heteroatoms. The Morgan fingerprint density at radius 3 is 2.86 bits per heavy atom. The molecule has 0 heterocycles. The molecule has 0 unspecified atom stereocenters. The number of benzene rings is 1. The first-order valence-electron chi connectivity index (χ1n) is 4.63. The van der Waals surface area contributed by atoms with Crippen molar-refractivity contribution in [3.8, 4) is 5.75 Å². The maximum atomic E-state index is 10.8. The largest absolute Gasteiger partial charge is 0.490 e. The number of carbonyl (C=O) groups is 1. The molecule has 1 aliphatic carbocycles. The SMILES string of the molecule is CSc1ccc(OC2CC2)c(C=O)c1. The van der Waals surface area contributed by atoms with E-state index in [1.54, 1.807) is 11.8 Å². The van der Waals surface area contributed by atoms with Crippen molar-refractivity contribution in [3.63, 3.8) is 0 Å². The Bertz CT molecular complexity index is 345. The maximum Gasteiger partial charge on any atom is 0.153 e. The standard InChI is InChI=1S/C11H12O2S/c1-14-10-4-5-11(8(6-10)7-12)13-9-2-3-9/h4-7,9H,2-3H2,1H3. The minimum Gasteiger partial charge on any atom is -0.490 e. The molecule has 1 aromatic carbocycles. The van der Waals surface area contributed by atoms with Gasteiger partial charge in [0.05, 0.1) is 11.7 Å². The van der Waals surface area contributed by atoms with E-state index in [4.69, 9.17) is 4.74 Å². The summed E-state index contributed by atoms with van der Waals surface area (Å²) in [6.45, 7) is 0. The summed E-state index contributed by atoms with van der Waals surface area (Å²) in [5.41, 5.74) is 0.656. The Labute approximate surface area is 87.6 Å². The molecule has 0 aliphatic heterocycles. The molecule has 0 radical (unpaired) electrons. The minimum absolute atomic E-state index is 0.342. The van der Waals surface area contributed by atoms with Crippen LogP contribution >= 0.6 is 11.8 Å². The summed E-state index contributed by atoms with van der Waals surface area (Å²) in [4.78, 5) is 11.9. The highest BCUT2D eigenvalue weighted by atomic mass is 32.2. The molecular formula is C11H12O2S. The van der Waals surface area contributed by atoms with Crippen LogP contribution in [0.4, 0.5) is 0 Å². The number of ether oxygens (including phenoxy) is 1. The third-order valence-corrected chi connectivity index (χ3v) is 2.89. The Morgan fingerprint density at radius 2 is 2.29 bits per heavy atom. The lowest BCUT2D eigenvalue weighted by Crippen LogP contribution is -1.99. The molecule has 1 saturated carbocycles. The Hall–Kier alpha value is -0.960. The summed E-state index contributed by atoms with van der Waals surface area (Å²) < 4.78 is 5.61. The van der Waals surface area contributed by atoms with E-state index in [-0.39, 0.29) is 0 Å². The molecule has 0 aromatic heterocycles. The van der Waals surface area contributed by atoms with Crippen LogP contribution in [0.1, 0.15) is 23.2 Å². The van der Waals surface area contributed by atoms with Gasteiger partial charge in [-0.25, -0.2) is 0 Å². The number of hydrogen-bond acceptors (Lipinski definition) is 3. The van der Waals surface area contributed by atoms with Gasteiger partial charge >= 0.3 is 0 Å². The van der Waals surface area contributed by atoms with Gasteiger partial charge in [0.1, 0.15) is 5.75 Å². The fourth-order valence-electron chi connectivity index (χ4n) is 1.22. The van der Waals surface area contributed by atoms with Crippen molar-refractivity contribution in [2.75, 3.05) is 6.26 Å². The summed E-state index contributed by atoms with van der Waals surface area (Å²) in [5, 5.41) is 0. The molecule has 0 spiro atoms. The maximum absolute atomic E-state index is 10.8. The highest BCUT2D eigenvalue weighted by molar-refractivity contribution is 7.98. The second-order valence-electron chi connectivity index (χ2n) is 3.34. The number of carbonyl (C=O) groups excluding carboxylic acids is 1. The minimum atomic E-state index is 0.342. The fourth-order valence-corrected chi connectivity index (χ4v) is 1.67. The molecule has 74 valence electrons. The molecule has 0 saturated heterocycles. The molecule has 2 rings (SSSR count). The van der Waals surface area contributed by atoms with Gasteiger partial charge in [-0.05, 0) is 37.3 Å². The van der Waals surface area contributed by atoms with Crippen LogP contribution < -0.4 is 4.74 Å². The van der Waals surface area contributed by atoms with Crippen molar-refractivity contribution in [2.45, 2.75) is 23.8 Å². The molecule has 0 atom stereocenters. The van der Waals surface area contributed by atoms with Crippen molar-refractivity contribution in [1.82, 2.24) is 0 Å². The van der Waals surface area contributed by atoms with Crippen LogP contribution in [-0.2, 0) is 0 Å². The van der Waals surface area contributed by atoms with E-state index in [1.165, 1.54) is 0 Å². The second-order valence-corrected chi connectivity index (χ2v) is 4.22. The Kier molecular flexibility index (Phi) is 2.77. The summed E-state index contributed by atoms with van der Waals surface area (Å²) in [5.74, 6) is 0.723. The van der Waals surface area contributed by atoms with E-state index in [2.05, 4.69) is 0 Å². The van der Waals surface area contributed by atoms with Crippen LogP contribution in [0.15, 0.2) is 23.1 Å². The second kappa shape index (κ2) is 4.05. The predicted molar refractivity (Wildman–Crippen MR) is 57.3 cm³/mol. The zero-order valence-electron chi connectivity index (χ0n) is 8.03. The van der Waals surface area contributed by atoms with Crippen LogP contribution in [0.3, 0.4) is 0 Å². The van der Waals surface area contributed by atoms with Crippen LogP contribution in [0.2, 0.25) is 0 Å². The van der Waals surface area contributed by atoms with E-state index in [0.717, 1.165) is 29.8 Å². The number of aldehydes is 1. The van der Waals surface area contributed by atoms with Gasteiger partial charge in [-0.2, -0.15) is 0 Å². The lowest BCUT2D eigenvalue weighted by molar-refractivity contribution is 0.111. The van der Waals surface area contributed by atoms with Crippen LogP contribution in [0.25, 0.3) is 0 Å². The van der Waals surface area contributed by atoms with Crippen LogP contribution in [-0.4, -0.2) is 18.6 Å². The lowest BCUT2D eigenvalue weighted by atomic mass is 10.2. The molecular weight excluding hydrogens is 196 g/mol. The fraction of sp³-hybridized carbons (Fsp3) is 0.364. The molecule has 14 heavy (non-hydrogen) atoms. The summed E-state index contributed by atoms with van der Waals surface area (Å²) in [6, 6.07) is 5.73. The molecule has 2 nitrogen and oxygen atoms in total. The normalized spacial score (nSPS) is 15.2. The predicted octanol–water partition coefficient (Wildman–Crippen LogP) is 2.76. The van der Waals surface area contributed by atoms with Crippen molar-refractivity contribution in [3.05, 3.63) is 23.8 Å². The van der Waals surface area contributed by atoms with E-state index >= 15 is 0 Å². The lowest BCUT2D eigenvalue weighted by Gasteiger charge is -2.07. The van der Waals surface area contributed by atoms with Gasteiger partial charge < -0.3 is 4.74 Å². The molecule has 1 fully saturated rings. The van der Waals surface area contributed by atoms with Gasteiger partial charge in [-0.3, -0.25) is 4.79 Å². The average Bonchev–Trinajstić information content (AvgIpc) is 3.02. The molecule has 0 amide bonds. The first-order chi connectivity index (χ1) is 6.83. The van der Waals surface area contributed by atoms with Crippen molar-refractivity contribution in [1.29, 1.82) is 0 Å². The number of rotatable bonds is 4.